The van der Waals surface area contributed by atoms with Gasteiger partial charge in [0.1, 0.15) is 5.82 Å². The van der Waals surface area contributed by atoms with Crippen molar-refractivity contribution >= 4 is 5.82 Å². The SMILES string of the molecule is CC1CC(c2cc(N)n(C)n2)C1. The van der Waals surface area contributed by atoms with E-state index in [1.54, 1.807) is 4.68 Å². The number of nitrogens with zero attached hydrogens (tertiary/aromatic N) is 2. The van der Waals surface area contributed by atoms with Crippen molar-refractivity contribution in [3.05, 3.63) is 11.8 Å². The van der Waals surface area contributed by atoms with Crippen LogP contribution in [0.5, 0.6) is 0 Å². The van der Waals surface area contributed by atoms with E-state index in [1.165, 1.54) is 18.5 Å². The fourth-order valence-corrected chi connectivity index (χ4v) is 1.85. The van der Waals surface area contributed by atoms with Crippen molar-refractivity contribution < 1.29 is 0 Å². The van der Waals surface area contributed by atoms with Crippen molar-refractivity contribution in [2.75, 3.05) is 5.73 Å². The third-order valence-corrected chi connectivity index (χ3v) is 2.73. The van der Waals surface area contributed by atoms with E-state index in [-0.39, 0.29) is 0 Å². The number of aryl methyl sites for hydroxylation is 1. The summed E-state index contributed by atoms with van der Waals surface area (Å²) in [6, 6.07) is 2.00. The predicted molar refractivity (Wildman–Crippen MR) is 48.8 cm³/mol. The third kappa shape index (κ3) is 1.09. The van der Waals surface area contributed by atoms with Crippen molar-refractivity contribution in [3.8, 4) is 0 Å². The highest BCUT2D eigenvalue weighted by atomic mass is 15.3. The molecule has 1 heterocycles. The lowest BCUT2D eigenvalue weighted by molar-refractivity contribution is 0.282. The van der Waals surface area contributed by atoms with Gasteiger partial charge in [0.25, 0.3) is 0 Å². The van der Waals surface area contributed by atoms with Gasteiger partial charge in [0.15, 0.2) is 0 Å². The maximum absolute atomic E-state index is 5.69. The van der Waals surface area contributed by atoms with Crippen LogP contribution in [0, 0.1) is 5.92 Å². The molecule has 0 aliphatic heterocycles. The topological polar surface area (TPSA) is 43.8 Å². The van der Waals surface area contributed by atoms with Crippen molar-refractivity contribution in [2.45, 2.75) is 25.7 Å². The number of hydrogen-bond donors (Lipinski definition) is 1. The minimum atomic E-state index is 0.670. The van der Waals surface area contributed by atoms with Gasteiger partial charge in [-0.15, -0.1) is 0 Å². The molecule has 0 atom stereocenters. The molecular formula is C9H15N3. The molecule has 2 rings (SSSR count). The van der Waals surface area contributed by atoms with Gasteiger partial charge in [-0.1, -0.05) is 6.92 Å². The molecule has 3 nitrogen and oxygen atoms in total. The number of rotatable bonds is 1. The first-order chi connectivity index (χ1) is 5.66. The molecular weight excluding hydrogens is 150 g/mol. The number of anilines is 1. The Morgan fingerprint density at radius 2 is 2.25 bits per heavy atom. The Balaban J connectivity index is 2.14. The molecule has 1 aromatic heterocycles. The van der Waals surface area contributed by atoms with Gasteiger partial charge < -0.3 is 5.73 Å². The number of nitrogens with two attached hydrogens (primary N) is 1. The molecule has 1 saturated carbocycles. The summed E-state index contributed by atoms with van der Waals surface area (Å²) in [5.74, 6) is 2.31. The van der Waals surface area contributed by atoms with Gasteiger partial charge in [0.2, 0.25) is 0 Å². The van der Waals surface area contributed by atoms with E-state index in [1.807, 2.05) is 13.1 Å². The summed E-state index contributed by atoms with van der Waals surface area (Å²) in [6.07, 6.45) is 2.55. The molecule has 12 heavy (non-hydrogen) atoms. The second-order valence-corrected chi connectivity index (χ2v) is 3.89. The van der Waals surface area contributed by atoms with E-state index in [0.29, 0.717) is 5.92 Å². The predicted octanol–water partition coefficient (Wildman–Crippen LogP) is 1.52. The highest BCUT2D eigenvalue weighted by molar-refractivity contribution is 5.32. The Hall–Kier alpha value is -0.990. The van der Waals surface area contributed by atoms with Crippen molar-refractivity contribution in [2.24, 2.45) is 13.0 Å². The Morgan fingerprint density at radius 1 is 1.58 bits per heavy atom. The first-order valence-electron chi connectivity index (χ1n) is 4.46. The number of nitrogen functional groups attached to an aromatic ring is 1. The average molecular weight is 165 g/mol. The lowest BCUT2D eigenvalue weighted by atomic mass is 9.74. The van der Waals surface area contributed by atoms with Crippen LogP contribution < -0.4 is 5.73 Å². The van der Waals surface area contributed by atoms with E-state index in [2.05, 4.69) is 12.0 Å². The molecule has 0 amide bonds. The second-order valence-electron chi connectivity index (χ2n) is 3.89. The maximum atomic E-state index is 5.69. The van der Waals surface area contributed by atoms with Crippen LogP contribution in [0.15, 0.2) is 6.07 Å². The molecule has 0 aromatic carbocycles. The molecule has 0 bridgehead atoms. The van der Waals surface area contributed by atoms with E-state index >= 15 is 0 Å². The van der Waals surface area contributed by atoms with Crippen LogP contribution in [-0.2, 0) is 7.05 Å². The number of hydrogen-bond acceptors (Lipinski definition) is 2. The Morgan fingerprint density at radius 3 is 2.67 bits per heavy atom. The van der Waals surface area contributed by atoms with E-state index < -0.39 is 0 Å². The highest BCUT2D eigenvalue weighted by Gasteiger charge is 2.28. The molecule has 0 spiro atoms. The second kappa shape index (κ2) is 2.51. The standard InChI is InChI=1S/C9H15N3/c1-6-3-7(4-6)8-5-9(10)12(2)11-8/h5-7H,3-4,10H2,1-2H3. The van der Waals surface area contributed by atoms with Gasteiger partial charge in [-0.3, -0.25) is 4.68 Å². The number of aromatic nitrogens is 2. The van der Waals surface area contributed by atoms with Crippen LogP contribution in [0.3, 0.4) is 0 Å². The lowest BCUT2D eigenvalue weighted by Crippen LogP contribution is -2.19. The summed E-state index contributed by atoms with van der Waals surface area (Å²) in [5.41, 5.74) is 6.87. The monoisotopic (exact) mass is 165 g/mol. The molecule has 1 aliphatic rings. The van der Waals surface area contributed by atoms with Crippen molar-refractivity contribution in [3.63, 3.8) is 0 Å². The lowest BCUT2D eigenvalue weighted by Gasteiger charge is -2.31. The minimum Gasteiger partial charge on any atom is -0.384 e. The molecule has 0 radical (unpaired) electrons. The Labute approximate surface area is 72.6 Å². The fraction of sp³-hybridized carbons (Fsp3) is 0.667. The Kier molecular flexibility index (Phi) is 1.60. The summed E-state index contributed by atoms with van der Waals surface area (Å²) >= 11 is 0. The zero-order valence-electron chi connectivity index (χ0n) is 7.62. The van der Waals surface area contributed by atoms with Crippen LogP contribution in [0.25, 0.3) is 0 Å². The van der Waals surface area contributed by atoms with Crippen LogP contribution >= 0.6 is 0 Å². The van der Waals surface area contributed by atoms with Gasteiger partial charge in [-0.2, -0.15) is 5.10 Å². The van der Waals surface area contributed by atoms with Crippen LogP contribution in [0.4, 0.5) is 5.82 Å². The highest BCUT2D eigenvalue weighted by Crippen LogP contribution is 2.40. The Bertz CT molecular complexity index is 264. The average Bonchev–Trinajstić information content (AvgIpc) is 2.26. The minimum absolute atomic E-state index is 0.670. The van der Waals surface area contributed by atoms with Gasteiger partial charge in [-0.25, -0.2) is 0 Å². The van der Waals surface area contributed by atoms with E-state index in [9.17, 15) is 0 Å². The maximum Gasteiger partial charge on any atom is 0.121 e. The summed E-state index contributed by atoms with van der Waals surface area (Å²) in [4.78, 5) is 0. The quantitative estimate of drug-likeness (QED) is 0.685. The van der Waals surface area contributed by atoms with Gasteiger partial charge >= 0.3 is 0 Å². The normalized spacial score (nSPS) is 28.5. The van der Waals surface area contributed by atoms with Crippen LogP contribution in [0.2, 0.25) is 0 Å². The zero-order valence-corrected chi connectivity index (χ0v) is 7.62. The molecule has 66 valence electrons. The molecule has 0 unspecified atom stereocenters. The largest absolute Gasteiger partial charge is 0.384 e. The smallest absolute Gasteiger partial charge is 0.121 e. The molecule has 3 heteroatoms. The molecule has 0 saturated heterocycles. The zero-order chi connectivity index (χ0) is 8.72. The van der Waals surface area contributed by atoms with Crippen molar-refractivity contribution in [1.29, 1.82) is 0 Å². The van der Waals surface area contributed by atoms with E-state index in [4.69, 9.17) is 5.73 Å². The molecule has 1 fully saturated rings. The van der Waals surface area contributed by atoms with Crippen molar-refractivity contribution in [1.82, 2.24) is 9.78 Å². The molecule has 1 aliphatic carbocycles. The van der Waals surface area contributed by atoms with Gasteiger partial charge in [0.05, 0.1) is 5.69 Å². The third-order valence-electron chi connectivity index (χ3n) is 2.73. The summed E-state index contributed by atoms with van der Waals surface area (Å²) in [5, 5.41) is 4.36. The summed E-state index contributed by atoms with van der Waals surface area (Å²) in [6.45, 7) is 2.28. The molecule has 2 N–H and O–H groups in total. The fourth-order valence-electron chi connectivity index (χ4n) is 1.85. The first-order valence-corrected chi connectivity index (χ1v) is 4.46. The first kappa shape index (κ1) is 7.65. The summed E-state index contributed by atoms with van der Waals surface area (Å²) < 4.78 is 1.75. The van der Waals surface area contributed by atoms with Crippen LogP contribution in [0.1, 0.15) is 31.4 Å². The summed E-state index contributed by atoms with van der Waals surface area (Å²) in [7, 11) is 1.89. The molecule has 1 aromatic rings. The van der Waals surface area contributed by atoms with E-state index in [0.717, 1.165) is 11.7 Å². The van der Waals surface area contributed by atoms with Gasteiger partial charge in [-0.05, 0) is 18.8 Å². The van der Waals surface area contributed by atoms with Gasteiger partial charge in [0, 0.05) is 19.0 Å². The van der Waals surface area contributed by atoms with Crippen LogP contribution in [-0.4, -0.2) is 9.78 Å².